The smallest absolute Gasteiger partial charge is 0.0755 e. The average molecular weight is 273 g/mol. The number of fused-ring (bicyclic) bond motifs is 1. The molecular weight excluding hydrogens is 254 g/mol. The summed E-state index contributed by atoms with van der Waals surface area (Å²) in [6, 6.07) is 13.3. The zero-order valence-corrected chi connectivity index (χ0v) is 11.8. The van der Waals surface area contributed by atoms with Crippen molar-refractivity contribution in [2.24, 2.45) is 0 Å². The first-order chi connectivity index (χ1) is 9.29. The van der Waals surface area contributed by atoms with Gasteiger partial charge in [0.25, 0.3) is 0 Å². The first-order valence-corrected chi connectivity index (χ1v) is 7.20. The Kier molecular flexibility index (Phi) is 5.31. The van der Waals surface area contributed by atoms with Gasteiger partial charge in [0.1, 0.15) is 0 Å². The molecule has 0 saturated carbocycles. The van der Waals surface area contributed by atoms with Crippen molar-refractivity contribution in [3.05, 3.63) is 48.0 Å². The molecule has 0 spiro atoms. The molecule has 2 aromatic rings. The lowest BCUT2D eigenvalue weighted by Gasteiger charge is -2.07. The van der Waals surface area contributed by atoms with Crippen LogP contribution in [0.1, 0.15) is 29.6 Å². The first-order valence-electron chi connectivity index (χ1n) is 6.80. The summed E-state index contributed by atoms with van der Waals surface area (Å²) >= 11 is 4.63. The van der Waals surface area contributed by atoms with Gasteiger partial charge in [-0.05, 0) is 30.0 Å². The second-order valence-electron chi connectivity index (χ2n) is 4.74. The maximum absolute atomic E-state index is 11.1. The van der Waals surface area contributed by atoms with E-state index in [1.807, 2.05) is 36.4 Å². The maximum atomic E-state index is 11.1. The van der Waals surface area contributed by atoms with Crippen molar-refractivity contribution in [1.29, 1.82) is 0 Å². The number of rotatable bonds is 1. The van der Waals surface area contributed by atoms with Crippen LogP contribution in [0.15, 0.2) is 42.5 Å². The van der Waals surface area contributed by atoms with Gasteiger partial charge in [-0.25, -0.2) is 0 Å². The third-order valence-electron chi connectivity index (χ3n) is 3.33. The summed E-state index contributed by atoms with van der Waals surface area (Å²) in [5.74, 6) is 0. The third-order valence-corrected chi connectivity index (χ3v) is 3.55. The van der Waals surface area contributed by atoms with E-state index >= 15 is 0 Å². The first kappa shape index (κ1) is 14.0. The Hall–Kier alpha value is -1.45. The molecule has 3 rings (SSSR count). The van der Waals surface area contributed by atoms with Crippen molar-refractivity contribution < 1.29 is 10.1 Å². The maximum Gasteiger partial charge on any atom is 0.0755 e. The van der Waals surface area contributed by atoms with E-state index in [2.05, 4.69) is 17.9 Å². The second-order valence-corrected chi connectivity index (χ2v) is 5.11. The molecule has 2 aromatic carbocycles. The summed E-state index contributed by atoms with van der Waals surface area (Å²) in [6.45, 7) is 2.75. The quantitative estimate of drug-likeness (QED) is 0.809. The van der Waals surface area contributed by atoms with Crippen LogP contribution in [0, 0.1) is 0 Å². The van der Waals surface area contributed by atoms with E-state index in [-0.39, 0.29) is 5.12 Å². The van der Waals surface area contributed by atoms with Gasteiger partial charge in [0.15, 0.2) is 0 Å². The van der Waals surface area contributed by atoms with Crippen molar-refractivity contribution in [3.8, 4) is 0 Å². The van der Waals surface area contributed by atoms with Crippen LogP contribution < -0.4 is 5.32 Å². The van der Waals surface area contributed by atoms with Gasteiger partial charge in [0.2, 0.25) is 0 Å². The highest BCUT2D eigenvalue weighted by atomic mass is 32.1. The Balaban J connectivity index is 0.000000186. The topological polar surface area (TPSA) is 33.7 Å². The Morgan fingerprint density at radius 1 is 0.947 bits per heavy atom. The van der Waals surface area contributed by atoms with E-state index in [9.17, 15) is 4.79 Å². The normalized spacial score (nSPS) is 14.5. The van der Waals surface area contributed by atoms with Crippen molar-refractivity contribution >= 4 is 28.5 Å². The van der Waals surface area contributed by atoms with Gasteiger partial charge in [0, 0.05) is 10.7 Å². The molecular formula is C16H19NOS. The van der Waals surface area contributed by atoms with Crippen LogP contribution in [0.3, 0.4) is 0 Å². The number of quaternary nitrogens is 1. The molecule has 0 atom stereocenters. The van der Waals surface area contributed by atoms with E-state index in [4.69, 9.17) is 0 Å². The average Bonchev–Trinajstić information content (AvgIpc) is 2.49. The van der Waals surface area contributed by atoms with Gasteiger partial charge in [-0.3, -0.25) is 0 Å². The Bertz CT molecular complexity index is 532. The fourth-order valence-corrected chi connectivity index (χ4v) is 2.48. The van der Waals surface area contributed by atoms with Crippen LogP contribution in [0.4, 0.5) is 0 Å². The van der Waals surface area contributed by atoms with E-state index in [0.29, 0.717) is 5.56 Å². The van der Waals surface area contributed by atoms with Gasteiger partial charge >= 0.3 is 0 Å². The van der Waals surface area contributed by atoms with Crippen LogP contribution in [-0.2, 0) is 12.6 Å². The molecule has 1 aliphatic rings. The summed E-state index contributed by atoms with van der Waals surface area (Å²) in [4.78, 5) is 11.1. The predicted molar refractivity (Wildman–Crippen MR) is 81.2 cm³/mol. The van der Waals surface area contributed by atoms with Crippen LogP contribution in [0.25, 0.3) is 10.8 Å². The van der Waals surface area contributed by atoms with E-state index in [1.165, 1.54) is 32.4 Å². The van der Waals surface area contributed by atoms with Gasteiger partial charge in [-0.15, -0.1) is 0 Å². The Morgan fingerprint density at radius 3 is 2.21 bits per heavy atom. The number of hydrogen-bond donors (Lipinski definition) is 1. The summed E-state index contributed by atoms with van der Waals surface area (Å²) in [5, 5.41) is 4.09. The van der Waals surface area contributed by atoms with Crippen LogP contribution in [0.5, 0.6) is 0 Å². The molecule has 1 saturated heterocycles. The Labute approximate surface area is 119 Å². The molecule has 0 aromatic heterocycles. The fraction of sp³-hybridized carbons (Fsp3) is 0.312. The van der Waals surface area contributed by atoms with Gasteiger partial charge in [-0.2, -0.15) is 0 Å². The molecule has 19 heavy (non-hydrogen) atoms. The molecule has 0 amide bonds. The molecule has 0 aliphatic carbocycles. The van der Waals surface area contributed by atoms with Gasteiger partial charge < -0.3 is 22.7 Å². The van der Waals surface area contributed by atoms with E-state index < -0.39 is 0 Å². The highest BCUT2D eigenvalue weighted by molar-refractivity contribution is 7.77. The summed E-state index contributed by atoms with van der Waals surface area (Å²) in [7, 11) is 0. The van der Waals surface area contributed by atoms with Crippen LogP contribution in [0.2, 0.25) is 0 Å². The SMILES string of the molecule is C1CC[NH2+]CC1.O=C([S-])c1cccc2ccccc12. The summed E-state index contributed by atoms with van der Waals surface area (Å²) in [5.41, 5.74) is 0.619. The Morgan fingerprint density at radius 2 is 1.63 bits per heavy atom. The lowest BCUT2D eigenvalue weighted by molar-refractivity contribution is -0.662. The summed E-state index contributed by atoms with van der Waals surface area (Å²) < 4.78 is 0. The third kappa shape index (κ3) is 4.01. The molecule has 1 fully saturated rings. The molecule has 1 heterocycles. The minimum absolute atomic E-state index is 0.295. The largest absolute Gasteiger partial charge is 0.737 e. The molecule has 0 radical (unpaired) electrons. The molecule has 1 aliphatic heterocycles. The van der Waals surface area contributed by atoms with E-state index in [1.54, 1.807) is 6.07 Å². The molecule has 100 valence electrons. The molecule has 2 nitrogen and oxygen atoms in total. The highest BCUT2D eigenvalue weighted by Crippen LogP contribution is 2.18. The minimum Gasteiger partial charge on any atom is -0.737 e. The zero-order valence-electron chi connectivity index (χ0n) is 11.0. The van der Waals surface area contributed by atoms with Crippen LogP contribution in [-0.4, -0.2) is 18.2 Å². The second kappa shape index (κ2) is 7.22. The highest BCUT2D eigenvalue weighted by Gasteiger charge is 1.98. The number of carbonyl (C=O) groups is 1. The van der Waals surface area contributed by atoms with Crippen molar-refractivity contribution in [3.63, 3.8) is 0 Å². The zero-order chi connectivity index (χ0) is 13.5. The summed E-state index contributed by atoms with van der Waals surface area (Å²) in [6.07, 6.45) is 4.36. The van der Waals surface area contributed by atoms with Crippen molar-refractivity contribution in [2.75, 3.05) is 13.1 Å². The lowest BCUT2D eigenvalue weighted by Crippen LogP contribution is -2.85. The van der Waals surface area contributed by atoms with E-state index in [0.717, 1.165) is 10.8 Å². The number of benzene rings is 2. The fourth-order valence-electron chi connectivity index (χ4n) is 2.30. The monoisotopic (exact) mass is 273 g/mol. The molecule has 3 heteroatoms. The number of carbonyl (C=O) groups excluding carboxylic acids is 1. The number of hydrogen-bond acceptors (Lipinski definition) is 2. The predicted octanol–water partition coefficient (Wildman–Crippen LogP) is 2.26. The van der Waals surface area contributed by atoms with Gasteiger partial charge in [-0.1, -0.05) is 42.5 Å². The molecule has 2 N–H and O–H groups in total. The lowest BCUT2D eigenvalue weighted by atomic mass is 10.1. The van der Waals surface area contributed by atoms with Crippen molar-refractivity contribution in [1.82, 2.24) is 0 Å². The number of piperidine rings is 1. The van der Waals surface area contributed by atoms with Crippen LogP contribution >= 0.6 is 0 Å². The van der Waals surface area contributed by atoms with Crippen molar-refractivity contribution in [2.45, 2.75) is 19.3 Å². The minimum atomic E-state index is -0.295. The van der Waals surface area contributed by atoms with Gasteiger partial charge in [0.05, 0.1) is 13.1 Å². The standard InChI is InChI=1S/C11H8OS.C5H11N/c12-11(13)10-7-3-5-8-4-1-2-6-9(8)10;1-2-4-6-5-3-1/h1-7H,(H,12,13);6H,1-5H2. The molecule has 0 bridgehead atoms. The number of nitrogens with two attached hydrogens (primary N) is 1. The molecule has 0 unspecified atom stereocenters.